The summed E-state index contributed by atoms with van der Waals surface area (Å²) in [6.45, 7) is 2.67. The van der Waals surface area contributed by atoms with Crippen LogP contribution < -0.4 is 19.7 Å². The van der Waals surface area contributed by atoms with E-state index in [9.17, 15) is 14.4 Å². The Hall–Kier alpha value is -4.59. The van der Waals surface area contributed by atoms with Gasteiger partial charge < -0.3 is 9.47 Å². The molecule has 0 unspecified atom stereocenters. The summed E-state index contributed by atoms with van der Waals surface area (Å²) in [5.41, 5.74) is 3.65. The number of nitrogens with one attached hydrogen (secondary N) is 1. The maximum Gasteiger partial charge on any atom is 0.335 e. The predicted molar refractivity (Wildman–Crippen MR) is 158 cm³/mol. The van der Waals surface area contributed by atoms with Crippen LogP contribution >= 0.6 is 23.2 Å². The molecule has 7 nitrogen and oxygen atoms in total. The maximum absolute atomic E-state index is 13.3. The number of urea groups is 1. The second kappa shape index (κ2) is 12.3. The van der Waals surface area contributed by atoms with Crippen LogP contribution in [0.15, 0.2) is 96.6 Å². The Bertz CT molecular complexity index is 1630. The SMILES string of the molecule is Cc1ccc(COc2ccc(/C=C3\C(=O)NC(=O)N(c4ccc(OCc5ccc(Cl)cc5)cc4)C3=O)cc2Cl)cc1. The van der Waals surface area contributed by atoms with Gasteiger partial charge in [0.1, 0.15) is 30.3 Å². The van der Waals surface area contributed by atoms with E-state index in [0.29, 0.717) is 40.3 Å². The van der Waals surface area contributed by atoms with E-state index in [2.05, 4.69) is 5.32 Å². The van der Waals surface area contributed by atoms with Crippen LogP contribution in [0.3, 0.4) is 0 Å². The molecule has 4 amide bonds. The van der Waals surface area contributed by atoms with Crippen molar-refractivity contribution in [1.29, 1.82) is 0 Å². The number of hydrogen-bond acceptors (Lipinski definition) is 5. The molecule has 4 aromatic rings. The molecule has 0 bridgehead atoms. The zero-order valence-electron chi connectivity index (χ0n) is 21.9. The number of anilines is 1. The fourth-order valence-electron chi connectivity index (χ4n) is 4.07. The van der Waals surface area contributed by atoms with Gasteiger partial charge >= 0.3 is 6.03 Å². The molecular weight excluding hydrogens is 563 g/mol. The summed E-state index contributed by atoms with van der Waals surface area (Å²) < 4.78 is 11.6. The van der Waals surface area contributed by atoms with Gasteiger partial charge in [0.2, 0.25) is 0 Å². The summed E-state index contributed by atoms with van der Waals surface area (Å²) in [5.74, 6) is -0.553. The molecule has 1 aliphatic rings. The fourth-order valence-corrected chi connectivity index (χ4v) is 4.44. The Morgan fingerprint density at radius 1 is 0.780 bits per heavy atom. The lowest BCUT2D eigenvalue weighted by atomic mass is 10.1. The highest BCUT2D eigenvalue weighted by Crippen LogP contribution is 2.29. The van der Waals surface area contributed by atoms with E-state index in [1.54, 1.807) is 54.6 Å². The number of amides is 4. The van der Waals surface area contributed by atoms with E-state index in [4.69, 9.17) is 32.7 Å². The summed E-state index contributed by atoms with van der Waals surface area (Å²) in [6, 6.07) is 25.7. The van der Waals surface area contributed by atoms with Crippen molar-refractivity contribution in [1.82, 2.24) is 5.32 Å². The van der Waals surface area contributed by atoms with Gasteiger partial charge in [-0.3, -0.25) is 14.9 Å². The van der Waals surface area contributed by atoms with Crippen molar-refractivity contribution in [2.45, 2.75) is 20.1 Å². The minimum Gasteiger partial charge on any atom is -0.489 e. The van der Waals surface area contributed by atoms with E-state index >= 15 is 0 Å². The van der Waals surface area contributed by atoms with Crippen molar-refractivity contribution in [3.8, 4) is 11.5 Å². The van der Waals surface area contributed by atoms with Crippen molar-refractivity contribution >= 4 is 52.8 Å². The molecule has 0 saturated carbocycles. The van der Waals surface area contributed by atoms with Gasteiger partial charge in [-0.05, 0) is 78.2 Å². The number of imide groups is 2. The average Bonchev–Trinajstić information content (AvgIpc) is 2.96. The Morgan fingerprint density at radius 2 is 1.41 bits per heavy atom. The molecule has 1 fully saturated rings. The van der Waals surface area contributed by atoms with Crippen LogP contribution in [0.2, 0.25) is 10.0 Å². The number of nitrogens with zero attached hydrogens (tertiary/aromatic N) is 1. The fraction of sp³-hybridized carbons (Fsp3) is 0.0938. The molecule has 41 heavy (non-hydrogen) atoms. The number of rotatable bonds is 8. The first-order valence-corrected chi connectivity index (χ1v) is 13.4. The predicted octanol–water partition coefficient (Wildman–Crippen LogP) is 7.13. The largest absolute Gasteiger partial charge is 0.489 e. The van der Waals surface area contributed by atoms with Gasteiger partial charge in [0.25, 0.3) is 11.8 Å². The highest BCUT2D eigenvalue weighted by atomic mass is 35.5. The zero-order chi connectivity index (χ0) is 28.9. The van der Waals surface area contributed by atoms with Crippen LogP contribution in [-0.4, -0.2) is 17.8 Å². The monoisotopic (exact) mass is 586 g/mol. The van der Waals surface area contributed by atoms with Gasteiger partial charge in [0.05, 0.1) is 10.7 Å². The maximum atomic E-state index is 13.3. The number of halogens is 2. The van der Waals surface area contributed by atoms with Crippen molar-refractivity contribution in [2.75, 3.05) is 4.90 Å². The van der Waals surface area contributed by atoms with Crippen molar-refractivity contribution in [2.24, 2.45) is 0 Å². The van der Waals surface area contributed by atoms with Crippen molar-refractivity contribution < 1.29 is 23.9 Å². The van der Waals surface area contributed by atoms with Crippen LogP contribution in [0.5, 0.6) is 11.5 Å². The highest BCUT2D eigenvalue weighted by molar-refractivity contribution is 6.39. The zero-order valence-corrected chi connectivity index (χ0v) is 23.4. The van der Waals surface area contributed by atoms with E-state index < -0.39 is 17.8 Å². The molecule has 1 N–H and O–H groups in total. The molecule has 4 aromatic carbocycles. The van der Waals surface area contributed by atoms with E-state index in [-0.39, 0.29) is 11.3 Å². The van der Waals surface area contributed by atoms with Gasteiger partial charge in [-0.2, -0.15) is 0 Å². The number of aryl methyl sites for hydroxylation is 1. The normalized spacial score (nSPS) is 14.3. The number of hydrogen-bond donors (Lipinski definition) is 1. The minimum absolute atomic E-state index is 0.211. The van der Waals surface area contributed by atoms with Crippen LogP contribution in [0.1, 0.15) is 22.3 Å². The number of carbonyl (C=O) groups excluding carboxylic acids is 3. The third-order valence-electron chi connectivity index (χ3n) is 6.30. The number of carbonyl (C=O) groups is 3. The summed E-state index contributed by atoms with van der Waals surface area (Å²) in [4.78, 5) is 39.4. The molecular formula is C32H24Cl2N2O5. The van der Waals surface area contributed by atoms with Crippen molar-refractivity contribution in [3.05, 3.63) is 129 Å². The first-order chi connectivity index (χ1) is 19.8. The lowest BCUT2D eigenvalue weighted by molar-refractivity contribution is -0.122. The summed E-state index contributed by atoms with van der Waals surface area (Å²) >= 11 is 12.3. The molecule has 1 saturated heterocycles. The Labute approximate surface area is 246 Å². The topological polar surface area (TPSA) is 84.9 Å². The first-order valence-electron chi connectivity index (χ1n) is 12.6. The summed E-state index contributed by atoms with van der Waals surface area (Å²) in [5, 5.41) is 3.18. The second-order valence-electron chi connectivity index (χ2n) is 9.33. The molecule has 0 spiro atoms. The molecule has 9 heteroatoms. The van der Waals surface area contributed by atoms with Crippen molar-refractivity contribution in [3.63, 3.8) is 0 Å². The lowest BCUT2D eigenvalue weighted by Gasteiger charge is -2.26. The molecule has 0 atom stereocenters. The van der Waals surface area contributed by atoms with Gasteiger partial charge in [-0.25, -0.2) is 9.69 Å². The molecule has 206 valence electrons. The average molecular weight is 587 g/mol. The number of barbiturate groups is 1. The molecule has 5 rings (SSSR count). The van der Waals surface area contributed by atoms with E-state index in [0.717, 1.165) is 21.6 Å². The minimum atomic E-state index is -0.843. The van der Waals surface area contributed by atoms with Crippen LogP contribution in [0.25, 0.3) is 6.08 Å². The molecule has 1 heterocycles. The van der Waals surface area contributed by atoms with E-state index in [1.807, 2.05) is 43.3 Å². The Kier molecular flexibility index (Phi) is 8.38. The van der Waals surface area contributed by atoms with E-state index in [1.165, 1.54) is 6.08 Å². The van der Waals surface area contributed by atoms with Gasteiger partial charge in [0.15, 0.2) is 0 Å². The summed E-state index contributed by atoms with van der Waals surface area (Å²) in [6.07, 6.45) is 1.39. The van der Waals surface area contributed by atoms with Crippen LogP contribution in [0, 0.1) is 6.92 Å². The molecule has 0 radical (unpaired) electrons. The highest BCUT2D eigenvalue weighted by Gasteiger charge is 2.36. The first kappa shape index (κ1) is 28.0. The Morgan fingerprint density at radius 3 is 2.07 bits per heavy atom. The summed E-state index contributed by atoms with van der Waals surface area (Å²) in [7, 11) is 0. The second-order valence-corrected chi connectivity index (χ2v) is 10.2. The third-order valence-corrected chi connectivity index (χ3v) is 6.84. The lowest BCUT2D eigenvalue weighted by Crippen LogP contribution is -2.54. The standard InChI is InChI=1S/C32H24Cl2N2O5/c1-20-2-4-21(5-3-20)19-41-29-15-8-23(17-28(29)34)16-27-30(37)35-32(39)36(31(27)38)25-11-13-26(14-12-25)40-18-22-6-9-24(33)10-7-22/h2-17H,18-19H2,1H3,(H,35,37,39)/b27-16+. The Balaban J connectivity index is 1.28. The van der Waals surface area contributed by atoms with Gasteiger partial charge in [-0.15, -0.1) is 0 Å². The van der Waals surface area contributed by atoms with Crippen LogP contribution in [0.4, 0.5) is 10.5 Å². The van der Waals surface area contributed by atoms with Crippen LogP contribution in [-0.2, 0) is 22.8 Å². The number of ether oxygens (including phenoxy) is 2. The molecule has 0 aromatic heterocycles. The van der Waals surface area contributed by atoms with Gasteiger partial charge in [-0.1, -0.05) is 71.2 Å². The number of benzene rings is 4. The quantitative estimate of drug-likeness (QED) is 0.175. The third kappa shape index (κ3) is 6.77. The van der Waals surface area contributed by atoms with Gasteiger partial charge in [0, 0.05) is 5.02 Å². The smallest absolute Gasteiger partial charge is 0.335 e. The molecule has 1 aliphatic heterocycles. The molecule has 0 aliphatic carbocycles.